The Morgan fingerprint density at radius 2 is 1.68 bits per heavy atom. The van der Waals surface area contributed by atoms with Gasteiger partial charge in [-0.15, -0.1) is 0 Å². The smallest absolute Gasteiger partial charge is 0.161 e. The van der Waals surface area contributed by atoms with Crippen LogP contribution in [0, 0.1) is 5.92 Å². The molecule has 0 saturated carbocycles. The van der Waals surface area contributed by atoms with Crippen LogP contribution in [-0.2, 0) is 12.0 Å². The number of hydrogen-bond acceptors (Lipinski definition) is 2. The third kappa shape index (κ3) is 6.29. The quantitative estimate of drug-likeness (QED) is 0.388. The standard InChI is InChI=1S/C25H36N2O2.2ClH/c1-19-18-27(3)20(2)16-25(19,22-9-7-6-8-10-22)13-14-26-17-21-11-12-23(28-4)24(15-21)29-5;;/h6-12,15,19-20,26H,13-14,16-18H2,1-5H3;2*1H. The number of nitrogens with two attached hydrogens (primary N) is 1. The van der Waals surface area contributed by atoms with Crippen LogP contribution in [-0.4, -0.2) is 40.4 Å². The van der Waals surface area contributed by atoms with E-state index in [2.05, 4.69) is 68.7 Å². The van der Waals surface area contributed by atoms with Crippen LogP contribution >= 0.6 is 0 Å². The molecule has 4 atom stereocenters. The molecule has 0 aromatic heterocycles. The van der Waals surface area contributed by atoms with Crippen LogP contribution in [0.2, 0.25) is 0 Å². The second kappa shape index (κ2) is 12.5. The van der Waals surface area contributed by atoms with E-state index in [1.165, 1.54) is 30.5 Å². The van der Waals surface area contributed by atoms with Gasteiger partial charge in [-0.1, -0.05) is 37.3 Å². The maximum atomic E-state index is 5.45. The zero-order valence-electron chi connectivity index (χ0n) is 19.5. The zero-order chi connectivity index (χ0) is 20.9. The van der Waals surface area contributed by atoms with Crippen LogP contribution in [0.1, 0.15) is 37.8 Å². The van der Waals surface area contributed by atoms with Crippen LogP contribution in [0.5, 0.6) is 11.5 Å². The molecule has 31 heavy (non-hydrogen) atoms. The van der Waals surface area contributed by atoms with E-state index >= 15 is 0 Å². The molecular weight excluding hydrogens is 431 g/mol. The summed E-state index contributed by atoms with van der Waals surface area (Å²) >= 11 is 0. The number of likely N-dealkylation sites (tertiary alicyclic amines) is 1. The summed E-state index contributed by atoms with van der Waals surface area (Å²) in [4.78, 5) is 1.67. The minimum Gasteiger partial charge on any atom is -1.00 e. The maximum absolute atomic E-state index is 5.45. The lowest BCUT2D eigenvalue weighted by molar-refractivity contribution is -0.915. The van der Waals surface area contributed by atoms with E-state index in [-0.39, 0.29) is 30.2 Å². The van der Waals surface area contributed by atoms with Gasteiger partial charge in [0.05, 0.1) is 40.4 Å². The molecule has 1 aliphatic heterocycles. The molecule has 4 nitrogen and oxygen atoms in total. The summed E-state index contributed by atoms with van der Waals surface area (Å²) in [5, 5.41) is 2.44. The molecule has 2 aromatic rings. The molecule has 0 aliphatic carbocycles. The van der Waals surface area contributed by atoms with Gasteiger partial charge in [0, 0.05) is 29.7 Å². The second-order valence-electron chi connectivity index (χ2n) is 8.80. The molecule has 1 heterocycles. The predicted molar refractivity (Wildman–Crippen MR) is 118 cm³/mol. The van der Waals surface area contributed by atoms with Crippen molar-refractivity contribution in [1.29, 1.82) is 0 Å². The van der Waals surface area contributed by atoms with Gasteiger partial charge >= 0.3 is 0 Å². The molecule has 1 aliphatic rings. The fourth-order valence-electron chi connectivity index (χ4n) is 5.10. The molecule has 0 radical (unpaired) electrons. The van der Waals surface area contributed by atoms with E-state index in [9.17, 15) is 0 Å². The van der Waals surface area contributed by atoms with Crippen molar-refractivity contribution >= 4 is 0 Å². The van der Waals surface area contributed by atoms with Crippen LogP contribution in [0.25, 0.3) is 0 Å². The molecule has 3 rings (SSSR count). The normalized spacial score (nSPS) is 25.1. The molecule has 1 fully saturated rings. The number of benzene rings is 2. The van der Waals surface area contributed by atoms with Crippen molar-refractivity contribution in [1.82, 2.24) is 0 Å². The van der Waals surface area contributed by atoms with Crippen LogP contribution in [0.15, 0.2) is 48.5 Å². The van der Waals surface area contributed by atoms with Gasteiger partial charge in [-0.2, -0.15) is 0 Å². The number of hydrogen-bond donors (Lipinski definition) is 2. The fraction of sp³-hybridized carbons (Fsp3) is 0.520. The number of nitrogens with one attached hydrogen (secondary N) is 1. The number of halogens is 2. The number of methoxy groups -OCH3 is 2. The molecule has 2 aromatic carbocycles. The van der Waals surface area contributed by atoms with Crippen molar-refractivity contribution < 1.29 is 44.5 Å². The maximum Gasteiger partial charge on any atom is 0.161 e. The molecule has 0 amide bonds. The lowest BCUT2D eigenvalue weighted by Gasteiger charge is -2.47. The summed E-state index contributed by atoms with van der Waals surface area (Å²) in [7, 11) is 5.72. The first-order valence-electron chi connectivity index (χ1n) is 10.9. The van der Waals surface area contributed by atoms with E-state index in [0.29, 0.717) is 12.0 Å². The van der Waals surface area contributed by atoms with Crippen molar-refractivity contribution in [2.75, 3.05) is 34.4 Å². The lowest BCUT2D eigenvalue weighted by atomic mass is 9.63. The molecule has 6 heteroatoms. The molecule has 3 N–H and O–H groups in total. The minimum atomic E-state index is 0. The Morgan fingerprint density at radius 3 is 2.32 bits per heavy atom. The average molecular weight is 469 g/mol. The van der Waals surface area contributed by atoms with Gasteiger partial charge in [0.2, 0.25) is 0 Å². The number of rotatable bonds is 8. The van der Waals surface area contributed by atoms with Crippen molar-refractivity contribution in [2.45, 2.75) is 44.7 Å². The molecule has 0 spiro atoms. The number of quaternary nitrogens is 2. The van der Waals surface area contributed by atoms with Crippen LogP contribution in [0.3, 0.4) is 0 Å². The van der Waals surface area contributed by atoms with Crippen LogP contribution < -0.4 is 44.5 Å². The van der Waals surface area contributed by atoms with E-state index in [1.807, 2.05) is 6.07 Å². The third-order valence-corrected chi connectivity index (χ3v) is 7.05. The van der Waals surface area contributed by atoms with Gasteiger partial charge in [0.25, 0.3) is 0 Å². The Balaban J connectivity index is 0.00000240. The van der Waals surface area contributed by atoms with Crippen molar-refractivity contribution in [3.8, 4) is 11.5 Å². The highest BCUT2D eigenvalue weighted by Gasteiger charge is 2.46. The Hall–Kier alpha value is -1.46. The van der Waals surface area contributed by atoms with Crippen molar-refractivity contribution in [3.63, 3.8) is 0 Å². The van der Waals surface area contributed by atoms with Gasteiger partial charge < -0.3 is 44.5 Å². The van der Waals surface area contributed by atoms with Gasteiger partial charge in [-0.25, -0.2) is 0 Å². The topological polar surface area (TPSA) is 39.5 Å². The highest BCUT2D eigenvalue weighted by Crippen LogP contribution is 2.40. The monoisotopic (exact) mass is 468 g/mol. The average Bonchev–Trinajstić information content (AvgIpc) is 2.75. The fourth-order valence-corrected chi connectivity index (χ4v) is 5.10. The lowest BCUT2D eigenvalue weighted by Crippen LogP contribution is -3.15. The van der Waals surface area contributed by atoms with Gasteiger partial charge in [-0.05, 0) is 30.7 Å². The minimum absolute atomic E-state index is 0. The highest BCUT2D eigenvalue weighted by atomic mass is 35.5. The van der Waals surface area contributed by atoms with Gasteiger partial charge in [0.15, 0.2) is 11.5 Å². The largest absolute Gasteiger partial charge is 1.00 e. The second-order valence-corrected chi connectivity index (χ2v) is 8.80. The first-order chi connectivity index (χ1) is 14.0. The van der Waals surface area contributed by atoms with Crippen molar-refractivity contribution in [2.24, 2.45) is 5.92 Å². The van der Waals surface area contributed by atoms with Crippen molar-refractivity contribution in [3.05, 3.63) is 59.7 Å². The Morgan fingerprint density at radius 1 is 1.00 bits per heavy atom. The number of ether oxygens (including phenoxy) is 2. The van der Waals surface area contributed by atoms with Crippen LogP contribution in [0.4, 0.5) is 0 Å². The first-order valence-corrected chi connectivity index (χ1v) is 10.9. The van der Waals surface area contributed by atoms with E-state index in [4.69, 9.17) is 9.47 Å². The summed E-state index contributed by atoms with van der Waals surface area (Å²) in [6.45, 7) is 8.19. The zero-order valence-corrected chi connectivity index (χ0v) is 21.0. The Labute approximate surface area is 200 Å². The molecule has 4 unspecified atom stereocenters. The first kappa shape index (κ1) is 27.6. The molecule has 174 valence electrons. The predicted octanol–water partition coefficient (Wildman–Crippen LogP) is -3.95. The number of piperidine rings is 1. The Bertz CT molecular complexity index is 790. The van der Waals surface area contributed by atoms with E-state index < -0.39 is 0 Å². The molecule has 1 saturated heterocycles. The highest BCUT2D eigenvalue weighted by molar-refractivity contribution is 5.42. The molecule has 0 bridgehead atoms. The van der Waals surface area contributed by atoms with Gasteiger partial charge in [0.1, 0.15) is 6.54 Å². The SMILES string of the molecule is COc1ccc(C[NH2+]CCC2(c3ccccc3)CC(C)[NH+](C)CC2C)cc1OC.[Cl-].[Cl-]. The molecular formula is C25H38Cl2N2O2. The summed E-state index contributed by atoms with van der Waals surface area (Å²) in [5.74, 6) is 2.27. The van der Waals surface area contributed by atoms with E-state index in [1.54, 1.807) is 19.1 Å². The van der Waals surface area contributed by atoms with E-state index in [0.717, 1.165) is 24.6 Å². The summed E-state index contributed by atoms with van der Waals surface area (Å²) < 4.78 is 10.8. The summed E-state index contributed by atoms with van der Waals surface area (Å²) in [6, 6.07) is 18.1. The van der Waals surface area contributed by atoms with Gasteiger partial charge in [-0.3, -0.25) is 0 Å². The third-order valence-electron chi connectivity index (χ3n) is 7.05. The Kier molecular flexibility index (Phi) is 11.2. The summed E-state index contributed by atoms with van der Waals surface area (Å²) in [6.07, 6.45) is 2.47. The summed E-state index contributed by atoms with van der Waals surface area (Å²) in [5.41, 5.74) is 3.06.